The quantitative estimate of drug-likeness (QED) is 0.514. The number of carbonyl (C=O) groups excluding carboxylic acids is 1. The highest BCUT2D eigenvalue weighted by molar-refractivity contribution is 6.31. The first kappa shape index (κ1) is 19.8. The third-order valence-electron chi connectivity index (χ3n) is 4.69. The summed E-state index contributed by atoms with van der Waals surface area (Å²) in [4.78, 5) is 29.3. The molecule has 0 fully saturated rings. The minimum absolute atomic E-state index is 0.128. The molecule has 2 aromatic heterocycles. The molecular weight excluding hydrogens is 404 g/mol. The molecule has 4 rings (SSSR count). The van der Waals surface area contributed by atoms with Crippen molar-refractivity contribution in [2.45, 2.75) is 26.6 Å². The van der Waals surface area contributed by atoms with Crippen LogP contribution in [0.2, 0.25) is 5.02 Å². The van der Waals surface area contributed by atoms with Gasteiger partial charge in [0, 0.05) is 11.6 Å². The number of hydrogen-bond acceptors (Lipinski definition) is 5. The Bertz CT molecular complexity index is 1260. The Morgan fingerprint density at radius 1 is 1.13 bits per heavy atom. The van der Waals surface area contributed by atoms with Crippen LogP contribution in [-0.2, 0) is 24.4 Å². The van der Waals surface area contributed by atoms with Gasteiger partial charge in [0.1, 0.15) is 12.9 Å². The highest BCUT2D eigenvalue weighted by Crippen LogP contribution is 2.14. The Labute approximate surface area is 177 Å². The van der Waals surface area contributed by atoms with Gasteiger partial charge in [0.15, 0.2) is 11.2 Å². The number of fused-ring (bicyclic) bond motifs is 1. The molecule has 4 aromatic rings. The molecule has 0 spiro atoms. The highest BCUT2D eigenvalue weighted by atomic mass is 35.5. The average Bonchev–Trinajstić information content (AvgIpc) is 3.14. The maximum atomic E-state index is 12.7. The minimum Gasteiger partial charge on any atom is -0.350 e. The molecule has 152 valence electrons. The largest absolute Gasteiger partial charge is 0.350 e. The van der Waals surface area contributed by atoms with Crippen molar-refractivity contribution < 1.29 is 4.79 Å². The second kappa shape index (κ2) is 8.46. The summed E-state index contributed by atoms with van der Waals surface area (Å²) in [5.41, 5.74) is 3.08. The maximum Gasteiger partial charge on any atom is 0.283 e. The fourth-order valence-electron chi connectivity index (χ4n) is 3.02. The van der Waals surface area contributed by atoms with E-state index in [1.807, 2.05) is 49.4 Å². The van der Waals surface area contributed by atoms with E-state index >= 15 is 0 Å². The number of halogens is 1. The number of nitrogens with zero attached hydrogens (tertiary/aromatic N) is 5. The van der Waals surface area contributed by atoms with E-state index in [2.05, 4.69) is 20.6 Å². The van der Waals surface area contributed by atoms with E-state index in [4.69, 9.17) is 11.6 Å². The van der Waals surface area contributed by atoms with E-state index in [0.717, 1.165) is 16.7 Å². The Balaban J connectivity index is 1.48. The van der Waals surface area contributed by atoms with Crippen LogP contribution in [0.5, 0.6) is 0 Å². The van der Waals surface area contributed by atoms with Crippen molar-refractivity contribution in [3.63, 3.8) is 0 Å². The van der Waals surface area contributed by atoms with Gasteiger partial charge in [0.05, 0.1) is 6.54 Å². The number of carbonyl (C=O) groups is 1. The van der Waals surface area contributed by atoms with Crippen LogP contribution in [0, 0.1) is 6.92 Å². The van der Waals surface area contributed by atoms with Crippen LogP contribution < -0.4 is 10.9 Å². The van der Waals surface area contributed by atoms with Gasteiger partial charge in [-0.05, 0) is 24.1 Å². The van der Waals surface area contributed by atoms with E-state index < -0.39 is 5.56 Å². The number of nitrogens with one attached hydrogen (secondary N) is 1. The number of aromatic nitrogens is 5. The van der Waals surface area contributed by atoms with Crippen molar-refractivity contribution in [3.8, 4) is 0 Å². The predicted octanol–water partition coefficient (Wildman–Crippen LogP) is 2.31. The van der Waals surface area contributed by atoms with Crippen LogP contribution in [-0.4, -0.2) is 30.5 Å². The molecule has 0 bridgehead atoms. The molecule has 0 aliphatic carbocycles. The fourth-order valence-corrected chi connectivity index (χ4v) is 3.22. The van der Waals surface area contributed by atoms with Crippen LogP contribution in [0.15, 0.2) is 59.7 Å². The zero-order valence-electron chi connectivity index (χ0n) is 16.2. The van der Waals surface area contributed by atoms with Crippen molar-refractivity contribution in [1.82, 2.24) is 29.9 Å². The Hall–Kier alpha value is -3.52. The third-order valence-corrected chi connectivity index (χ3v) is 5.06. The normalized spacial score (nSPS) is 11.0. The topological polar surface area (TPSA) is 94.7 Å². The zero-order valence-corrected chi connectivity index (χ0v) is 17.0. The van der Waals surface area contributed by atoms with Gasteiger partial charge in [-0.1, -0.05) is 64.8 Å². The van der Waals surface area contributed by atoms with Crippen molar-refractivity contribution in [3.05, 3.63) is 86.9 Å². The number of benzene rings is 2. The van der Waals surface area contributed by atoms with E-state index in [9.17, 15) is 9.59 Å². The van der Waals surface area contributed by atoms with Gasteiger partial charge in [-0.15, -0.1) is 5.10 Å². The molecule has 0 aliphatic rings. The summed E-state index contributed by atoms with van der Waals surface area (Å²) in [5.74, 6) is -0.329. The standard InChI is InChI=1S/C21H19ClN6O2/c1-14-6-8-15(9-7-14)11-28-20-19(25-26-28)21(30)27(13-24-20)12-18(29)23-10-16-4-2-3-5-17(16)22/h2-9,13H,10-12H2,1H3,(H,23,29). The molecule has 0 saturated heterocycles. The maximum absolute atomic E-state index is 12.7. The Kier molecular flexibility index (Phi) is 5.58. The highest BCUT2D eigenvalue weighted by Gasteiger charge is 2.14. The summed E-state index contributed by atoms with van der Waals surface area (Å²) in [6, 6.07) is 15.3. The lowest BCUT2D eigenvalue weighted by Crippen LogP contribution is -2.32. The van der Waals surface area contributed by atoms with Gasteiger partial charge < -0.3 is 5.32 Å². The first-order valence-electron chi connectivity index (χ1n) is 9.35. The minimum atomic E-state index is -0.414. The summed E-state index contributed by atoms with van der Waals surface area (Å²) < 4.78 is 2.79. The molecule has 0 saturated carbocycles. The van der Waals surface area contributed by atoms with Gasteiger partial charge in [-0.3, -0.25) is 14.2 Å². The van der Waals surface area contributed by atoms with E-state index in [1.165, 1.54) is 10.9 Å². The average molecular weight is 423 g/mol. The smallest absolute Gasteiger partial charge is 0.283 e. The van der Waals surface area contributed by atoms with E-state index in [-0.39, 0.29) is 24.5 Å². The number of rotatable bonds is 6. The van der Waals surface area contributed by atoms with E-state index in [0.29, 0.717) is 17.2 Å². The van der Waals surface area contributed by atoms with Gasteiger partial charge in [0.2, 0.25) is 5.91 Å². The van der Waals surface area contributed by atoms with Crippen LogP contribution in [0.3, 0.4) is 0 Å². The second-order valence-electron chi connectivity index (χ2n) is 6.95. The second-order valence-corrected chi connectivity index (χ2v) is 7.36. The molecule has 9 heteroatoms. The van der Waals surface area contributed by atoms with Crippen LogP contribution in [0.1, 0.15) is 16.7 Å². The van der Waals surface area contributed by atoms with Gasteiger partial charge in [-0.25, -0.2) is 9.67 Å². The van der Waals surface area contributed by atoms with Gasteiger partial charge >= 0.3 is 0 Å². The van der Waals surface area contributed by atoms with Crippen molar-refractivity contribution >= 4 is 28.7 Å². The van der Waals surface area contributed by atoms with Gasteiger partial charge in [0.25, 0.3) is 5.56 Å². The summed E-state index contributed by atoms with van der Waals surface area (Å²) >= 11 is 6.09. The molecule has 2 aromatic carbocycles. The van der Waals surface area contributed by atoms with Crippen molar-refractivity contribution in [1.29, 1.82) is 0 Å². The molecule has 0 unspecified atom stereocenters. The van der Waals surface area contributed by atoms with Gasteiger partial charge in [-0.2, -0.15) is 0 Å². The number of hydrogen-bond donors (Lipinski definition) is 1. The Morgan fingerprint density at radius 2 is 1.90 bits per heavy atom. The first-order valence-corrected chi connectivity index (χ1v) is 9.73. The van der Waals surface area contributed by atoms with Crippen LogP contribution in [0.25, 0.3) is 11.2 Å². The first-order chi connectivity index (χ1) is 14.5. The lowest BCUT2D eigenvalue weighted by atomic mass is 10.1. The fraction of sp³-hybridized carbons (Fsp3) is 0.190. The van der Waals surface area contributed by atoms with Crippen LogP contribution in [0.4, 0.5) is 0 Å². The van der Waals surface area contributed by atoms with E-state index in [1.54, 1.807) is 10.7 Å². The zero-order chi connectivity index (χ0) is 21.1. The van der Waals surface area contributed by atoms with Crippen molar-refractivity contribution in [2.24, 2.45) is 0 Å². The van der Waals surface area contributed by atoms with Crippen LogP contribution >= 0.6 is 11.6 Å². The van der Waals surface area contributed by atoms with Crippen molar-refractivity contribution in [2.75, 3.05) is 0 Å². The summed E-state index contributed by atoms with van der Waals surface area (Å²) in [7, 11) is 0. The third kappa shape index (κ3) is 4.23. The molecule has 0 radical (unpaired) electrons. The molecule has 2 heterocycles. The number of amides is 1. The lowest BCUT2D eigenvalue weighted by molar-refractivity contribution is -0.121. The number of aryl methyl sites for hydroxylation is 1. The lowest BCUT2D eigenvalue weighted by Gasteiger charge is -2.08. The SMILES string of the molecule is Cc1ccc(Cn2nnc3c(=O)n(CC(=O)NCc4ccccc4Cl)cnc32)cc1. The Morgan fingerprint density at radius 3 is 2.67 bits per heavy atom. The molecule has 1 N–H and O–H groups in total. The monoisotopic (exact) mass is 422 g/mol. The molecule has 30 heavy (non-hydrogen) atoms. The predicted molar refractivity (Wildman–Crippen MR) is 113 cm³/mol. The summed E-state index contributed by atoms with van der Waals surface area (Å²) in [5, 5.41) is 11.4. The summed E-state index contributed by atoms with van der Waals surface area (Å²) in [6.45, 7) is 2.57. The molecular formula is C21H19ClN6O2. The molecule has 0 atom stereocenters. The summed E-state index contributed by atoms with van der Waals surface area (Å²) in [6.07, 6.45) is 1.34. The molecule has 8 nitrogen and oxygen atoms in total. The molecule has 1 amide bonds. The molecule has 0 aliphatic heterocycles.